The molecule has 0 radical (unpaired) electrons. The average Bonchev–Trinajstić information content (AvgIpc) is 2.34. The first-order chi connectivity index (χ1) is 5.09. The summed E-state index contributed by atoms with van der Waals surface area (Å²) in [4.78, 5) is 10.6. The van der Waals surface area contributed by atoms with Crippen molar-refractivity contribution in [3.63, 3.8) is 0 Å². The highest BCUT2D eigenvalue weighted by Crippen LogP contribution is 2.20. The zero-order chi connectivity index (χ0) is 8.48. The molecule has 0 spiro atoms. The molecule has 1 saturated heterocycles. The molecule has 11 heavy (non-hydrogen) atoms. The molecule has 1 aliphatic rings. The maximum Gasteiger partial charge on any atom is 0.484 e. The van der Waals surface area contributed by atoms with Crippen molar-refractivity contribution >= 4 is 13.1 Å². The van der Waals surface area contributed by atoms with Gasteiger partial charge >= 0.3 is 13.1 Å². The third kappa shape index (κ3) is 1.24. The second-order valence-corrected chi connectivity index (χ2v) is 2.68. The van der Waals surface area contributed by atoms with Crippen molar-refractivity contribution < 1.29 is 19.9 Å². The quantitative estimate of drug-likeness (QED) is 0.357. The summed E-state index contributed by atoms with van der Waals surface area (Å²) in [5.41, 5.74) is -1.53. The van der Waals surface area contributed by atoms with Crippen molar-refractivity contribution in [3.8, 4) is 0 Å². The Morgan fingerprint density at radius 1 is 1.55 bits per heavy atom. The van der Waals surface area contributed by atoms with E-state index < -0.39 is 18.5 Å². The Labute approximate surface area is 64.2 Å². The zero-order valence-electron chi connectivity index (χ0n) is 5.95. The highest BCUT2D eigenvalue weighted by molar-refractivity contribution is 6.51. The number of rotatable bonds is 2. The van der Waals surface area contributed by atoms with Gasteiger partial charge in [-0.25, -0.2) is 0 Å². The second kappa shape index (κ2) is 2.81. The molecule has 1 rings (SSSR count). The fourth-order valence-corrected chi connectivity index (χ4v) is 1.28. The van der Waals surface area contributed by atoms with Gasteiger partial charge in [-0.05, 0) is 19.4 Å². The lowest BCUT2D eigenvalue weighted by Crippen LogP contribution is -2.59. The van der Waals surface area contributed by atoms with Crippen LogP contribution in [0.5, 0.6) is 0 Å². The van der Waals surface area contributed by atoms with Crippen LogP contribution >= 0.6 is 0 Å². The van der Waals surface area contributed by atoms with E-state index >= 15 is 0 Å². The van der Waals surface area contributed by atoms with Crippen LogP contribution in [-0.2, 0) is 4.79 Å². The third-order valence-electron chi connectivity index (χ3n) is 2.01. The van der Waals surface area contributed by atoms with Crippen molar-refractivity contribution in [3.05, 3.63) is 0 Å². The topological polar surface area (TPSA) is 89.8 Å². The Morgan fingerprint density at radius 3 is 2.36 bits per heavy atom. The summed E-state index contributed by atoms with van der Waals surface area (Å²) in [5.74, 6) is -1.20. The molecule has 5 nitrogen and oxygen atoms in total. The molecule has 6 heteroatoms. The van der Waals surface area contributed by atoms with E-state index in [2.05, 4.69) is 5.32 Å². The predicted octanol–water partition coefficient (Wildman–Crippen LogP) is -1.79. The second-order valence-electron chi connectivity index (χ2n) is 2.68. The molecule has 0 unspecified atom stereocenters. The van der Waals surface area contributed by atoms with Gasteiger partial charge in [0, 0.05) is 0 Å². The number of hydrogen-bond donors (Lipinski definition) is 4. The number of carboxylic acids is 1. The van der Waals surface area contributed by atoms with Crippen molar-refractivity contribution in [2.45, 2.75) is 18.3 Å². The predicted molar refractivity (Wildman–Crippen MR) is 37.8 cm³/mol. The molecule has 0 aliphatic carbocycles. The van der Waals surface area contributed by atoms with E-state index in [1.807, 2.05) is 0 Å². The Bertz CT molecular complexity index is 166. The summed E-state index contributed by atoms with van der Waals surface area (Å²) in [6.07, 6.45) is 0.921. The van der Waals surface area contributed by atoms with Crippen molar-refractivity contribution in [1.82, 2.24) is 5.32 Å². The average molecular weight is 159 g/mol. The molecule has 0 bridgehead atoms. The Hall–Kier alpha value is -0.585. The van der Waals surface area contributed by atoms with Gasteiger partial charge in [-0.3, -0.25) is 4.79 Å². The van der Waals surface area contributed by atoms with Crippen molar-refractivity contribution in [2.75, 3.05) is 6.54 Å². The van der Waals surface area contributed by atoms with E-state index in [4.69, 9.17) is 15.2 Å². The summed E-state index contributed by atoms with van der Waals surface area (Å²) >= 11 is 0. The molecular weight excluding hydrogens is 149 g/mol. The molecule has 0 aromatic rings. The van der Waals surface area contributed by atoms with Crippen LogP contribution < -0.4 is 5.32 Å². The van der Waals surface area contributed by atoms with Gasteiger partial charge in [-0.1, -0.05) is 0 Å². The number of aliphatic carboxylic acids is 1. The van der Waals surface area contributed by atoms with E-state index in [9.17, 15) is 4.79 Å². The molecule has 1 heterocycles. The minimum atomic E-state index is -1.83. The monoisotopic (exact) mass is 159 g/mol. The van der Waals surface area contributed by atoms with Gasteiger partial charge in [-0.15, -0.1) is 0 Å². The smallest absolute Gasteiger partial charge is 0.480 e. The van der Waals surface area contributed by atoms with Gasteiger partial charge < -0.3 is 20.5 Å². The summed E-state index contributed by atoms with van der Waals surface area (Å²) in [6.45, 7) is 0.518. The molecule has 62 valence electrons. The molecule has 1 aliphatic heterocycles. The summed E-state index contributed by atoms with van der Waals surface area (Å²) in [6, 6.07) is 0. The van der Waals surface area contributed by atoms with E-state index in [1.165, 1.54) is 0 Å². The largest absolute Gasteiger partial charge is 0.484 e. The highest BCUT2D eigenvalue weighted by Gasteiger charge is 2.51. The zero-order valence-corrected chi connectivity index (χ0v) is 5.95. The Morgan fingerprint density at radius 2 is 2.18 bits per heavy atom. The number of carboxylic acid groups (broad SMARTS) is 1. The van der Waals surface area contributed by atoms with Gasteiger partial charge in [0.05, 0.1) is 0 Å². The fraction of sp³-hybridized carbons (Fsp3) is 0.800. The molecular formula is C5H10BNO4. The summed E-state index contributed by atoms with van der Waals surface area (Å²) in [5, 5.41) is 28.8. The van der Waals surface area contributed by atoms with Gasteiger partial charge in [0.15, 0.2) is 5.44 Å². The van der Waals surface area contributed by atoms with Gasteiger partial charge in [0.25, 0.3) is 0 Å². The summed E-state index contributed by atoms with van der Waals surface area (Å²) < 4.78 is 0. The SMILES string of the molecule is O=C(O)[C@]1(B(O)O)CCCN1. The summed E-state index contributed by atoms with van der Waals surface area (Å²) in [7, 11) is -1.83. The van der Waals surface area contributed by atoms with Crippen LogP contribution in [0.25, 0.3) is 0 Å². The van der Waals surface area contributed by atoms with Crippen LogP contribution in [0.15, 0.2) is 0 Å². The normalized spacial score (nSPS) is 30.4. The third-order valence-corrected chi connectivity index (χ3v) is 2.01. The first-order valence-corrected chi connectivity index (χ1v) is 3.44. The number of hydrogen-bond acceptors (Lipinski definition) is 4. The number of carbonyl (C=O) groups is 1. The highest BCUT2D eigenvalue weighted by atomic mass is 16.4. The minimum absolute atomic E-state index is 0.264. The molecule has 1 fully saturated rings. The van der Waals surface area contributed by atoms with Gasteiger partial charge in [0.2, 0.25) is 0 Å². The molecule has 0 aromatic heterocycles. The van der Waals surface area contributed by atoms with Crippen LogP contribution in [0, 0.1) is 0 Å². The van der Waals surface area contributed by atoms with Crippen molar-refractivity contribution in [1.29, 1.82) is 0 Å². The molecule has 0 amide bonds. The first-order valence-electron chi connectivity index (χ1n) is 3.44. The van der Waals surface area contributed by atoms with Gasteiger partial charge in [0.1, 0.15) is 0 Å². The maximum absolute atomic E-state index is 10.6. The minimum Gasteiger partial charge on any atom is -0.480 e. The Balaban J connectivity index is 2.79. The first kappa shape index (κ1) is 8.51. The van der Waals surface area contributed by atoms with Gasteiger partial charge in [-0.2, -0.15) is 0 Å². The van der Waals surface area contributed by atoms with Crippen LogP contribution in [0.3, 0.4) is 0 Å². The van der Waals surface area contributed by atoms with Crippen LogP contribution in [-0.4, -0.2) is 40.2 Å². The van der Waals surface area contributed by atoms with Crippen LogP contribution in [0.1, 0.15) is 12.8 Å². The van der Waals surface area contributed by atoms with E-state index in [-0.39, 0.29) is 6.42 Å². The number of nitrogens with one attached hydrogen (secondary N) is 1. The fourth-order valence-electron chi connectivity index (χ4n) is 1.28. The standard InChI is InChI=1S/C5H10BNO4/c8-4(9)5(6(10)11)2-1-3-7-5/h7,10-11H,1-3H2,(H,8,9)/t5-/m0/s1. The molecule has 0 saturated carbocycles. The van der Waals surface area contributed by atoms with E-state index in [1.54, 1.807) is 0 Å². The van der Waals surface area contributed by atoms with E-state index in [0.717, 1.165) is 0 Å². The molecule has 0 aromatic carbocycles. The maximum atomic E-state index is 10.6. The molecule has 4 N–H and O–H groups in total. The van der Waals surface area contributed by atoms with E-state index in [0.29, 0.717) is 13.0 Å². The van der Waals surface area contributed by atoms with Crippen LogP contribution in [0.4, 0.5) is 0 Å². The van der Waals surface area contributed by atoms with Crippen molar-refractivity contribution in [2.24, 2.45) is 0 Å². The molecule has 1 atom stereocenters. The lowest BCUT2D eigenvalue weighted by atomic mass is 9.64. The van der Waals surface area contributed by atoms with Crippen LogP contribution in [0.2, 0.25) is 0 Å². The lowest BCUT2D eigenvalue weighted by molar-refractivity contribution is -0.141. The lowest BCUT2D eigenvalue weighted by Gasteiger charge is -2.22. The Kier molecular flexibility index (Phi) is 2.17.